The fraction of sp³-hybridized carbons (Fsp3) is 0.538. The molecule has 0 spiro atoms. The van der Waals surface area contributed by atoms with E-state index in [4.69, 9.17) is 5.73 Å². The minimum atomic E-state index is -0.00474. The predicted molar refractivity (Wildman–Crippen MR) is 61.8 cm³/mol. The summed E-state index contributed by atoms with van der Waals surface area (Å²) in [4.78, 5) is 0. The van der Waals surface area contributed by atoms with Crippen LogP contribution in [0.15, 0.2) is 24.3 Å². The van der Waals surface area contributed by atoms with Crippen LogP contribution in [0.4, 0.5) is 0 Å². The first-order valence-corrected chi connectivity index (χ1v) is 5.75. The van der Waals surface area contributed by atoms with Gasteiger partial charge in [0.2, 0.25) is 0 Å². The van der Waals surface area contributed by atoms with Crippen LogP contribution < -0.4 is 5.73 Å². The van der Waals surface area contributed by atoms with Crippen LogP contribution in [0.5, 0.6) is 5.75 Å². The van der Waals surface area contributed by atoms with Gasteiger partial charge in [-0.05, 0) is 37.0 Å². The third-order valence-electron chi connectivity index (χ3n) is 3.34. The van der Waals surface area contributed by atoms with E-state index in [1.807, 2.05) is 12.1 Å². The Balaban J connectivity index is 2.03. The maximum absolute atomic E-state index is 9.20. The van der Waals surface area contributed by atoms with Crippen molar-refractivity contribution >= 4 is 0 Å². The number of benzene rings is 1. The van der Waals surface area contributed by atoms with Crippen LogP contribution >= 0.6 is 0 Å². The van der Waals surface area contributed by atoms with E-state index in [0.717, 1.165) is 19.3 Å². The third-order valence-corrected chi connectivity index (χ3v) is 3.34. The van der Waals surface area contributed by atoms with Gasteiger partial charge in [0, 0.05) is 5.54 Å². The van der Waals surface area contributed by atoms with E-state index in [1.165, 1.54) is 24.8 Å². The summed E-state index contributed by atoms with van der Waals surface area (Å²) in [5, 5.41) is 9.20. The second kappa shape index (κ2) is 4.23. The molecule has 2 nitrogen and oxygen atoms in total. The molecule has 1 aliphatic rings. The molecule has 1 aliphatic carbocycles. The summed E-state index contributed by atoms with van der Waals surface area (Å²) in [5.41, 5.74) is 7.60. The zero-order valence-electron chi connectivity index (χ0n) is 9.08. The van der Waals surface area contributed by atoms with Crippen molar-refractivity contribution in [1.29, 1.82) is 0 Å². The molecule has 0 unspecified atom stereocenters. The van der Waals surface area contributed by atoms with Gasteiger partial charge in [-0.3, -0.25) is 0 Å². The van der Waals surface area contributed by atoms with E-state index in [-0.39, 0.29) is 5.54 Å². The molecule has 3 N–H and O–H groups in total. The third kappa shape index (κ3) is 2.72. The number of hydrogen-bond donors (Lipinski definition) is 2. The van der Waals surface area contributed by atoms with E-state index in [0.29, 0.717) is 5.75 Å². The number of aromatic hydroxyl groups is 1. The van der Waals surface area contributed by atoms with E-state index in [2.05, 4.69) is 0 Å². The normalized spacial score (nSPS) is 20.1. The van der Waals surface area contributed by atoms with Crippen LogP contribution in [0.3, 0.4) is 0 Å². The molecule has 1 fully saturated rings. The maximum atomic E-state index is 9.20. The van der Waals surface area contributed by atoms with Gasteiger partial charge in [-0.25, -0.2) is 0 Å². The van der Waals surface area contributed by atoms with E-state index >= 15 is 0 Å². The molecule has 2 heteroatoms. The molecule has 0 amide bonds. The highest BCUT2D eigenvalue weighted by molar-refractivity contribution is 5.27. The monoisotopic (exact) mass is 205 g/mol. The predicted octanol–water partition coefficient (Wildman–Crippen LogP) is 2.60. The highest BCUT2D eigenvalue weighted by Crippen LogP contribution is 2.29. The largest absolute Gasteiger partial charge is 0.508 e. The zero-order valence-corrected chi connectivity index (χ0v) is 9.08. The van der Waals surface area contributed by atoms with Gasteiger partial charge in [-0.15, -0.1) is 0 Å². The number of phenols is 1. The summed E-state index contributed by atoms with van der Waals surface area (Å²) >= 11 is 0. The molecule has 2 rings (SSSR count). The molecule has 15 heavy (non-hydrogen) atoms. The van der Waals surface area contributed by atoms with Gasteiger partial charge in [0.05, 0.1) is 0 Å². The van der Waals surface area contributed by atoms with E-state index in [1.54, 1.807) is 12.1 Å². The Labute approximate surface area is 91.1 Å². The Morgan fingerprint density at radius 3 is 2.27 bits per heavy atom. The molecular formula is C13H19NO. The molecular weight excluding hydrogens is 186 g/mol. The lowest BCUT2D eigenvalue weighted by Gasteiger charge is -2.33. The summed E-state index contributed by atoms with van der Waals surface area (Å²) < 4.78 is 0. The first kappa shape index (κ1) is 10.5. The fourth-order valence-electron chi connectivity index (χ4n) is 2.45. The summed E-state index contributed by atoms with van der Waals surface area (Å²) in [6, 6.07) is 7.42. The fourth-order valence-corrected chi connectivity index (χ4v) is 2.45. The average Bonchev–Trinajstić information content (AvgIpc) is 2.22. The first-order chi connectivity index (χ1) is 7.18. The van der Waals surface area contributed by atoms with Crippen LogP contribution in [-0.4, -0.2) is 10.6 Å². The molecule has 0 heterocycles. The van der Waals surface area contributed by atoms with Gasteiger partial charge in [-0.2, -0.15) is 0 Å². The van der Waals surface area contributed by atoms with Crippen LogP contribution in [0.2, 0.25) is 0 Å². The minimum absolute atomic E-state index is 0.00474. The van der Waals surface area contributed by atoms with Crippen molar-refractivity contribution in [3.8, 4) is 5.75 Å². The number of hydrogen-bond acceptors (Lipinski definition) is 2. The molecule has 0 saturated heterocycles. The number of phenolic OH excluding ortho intramolecular Hbond substituents is 1. The van der Waals surface area contributed by atoms with E-state index < -0.39 is 0 Å². The lowest BCUT2D eigenvalue weighted by atomic mass is 9.78. The molecule has 0 bridgehead atoms. The second-order valence-corrected chi connectivity index (χ2v) is 4.77. The maximum Gasteiger partial charge on any atom is 0.115 e. The van der Waals surface area contributed by atoms with Crippen molar-refractivity contribution in [3.05, 3.63) is 29.8 Å². The minimum Gasteiger partial charge on any atom is -0.508 e. The van der Waals surface area contributed by atoms with Crippen molar-refractivity contribution in [1.82, 2.24) is 0 Å². The van der Waals surface area contributed by atoms with Crippen LogP contribution in [0, 0.1) is 0 Å². The van der Waals surface area contributed by atoms with E-state index in [9.17, 15) is 5.11 Å². The zero-order chi connectivity index (χ0) is 10.7. The Morgan fingerprint density at radius 2 is 1.67 bits per heavy atom. The molecule has 0 aromatic heterocycles. The lowest BCUT2D eigenvalue weighted by molar-refractivity contribution is 0.294. The van der Waals surface area contributed by atoms with Crippen molar-refractivity contribution < 1.29 is 5.11 Å². The van der Waals surface area contributed by atoms with Gasteiger partial charge >= 0.3 is 0 Å². The van der Waals surface area contributed by atoms with Gasteiger partial charge < -0.3 is 10.8 Å². The Hall–Kier alpha value is -1.02. The quantitative estimate of drug-likeness (QED) is 0.779. The molecule has 0 atom stereocenters. The molecule has 1 aromatic carbocycles. The molecule has 0 radical (unpaired) electrons. The summed E-state index contributed by atoms with van der Waals surface area (Å²) in [6.07, 6.45) is 7.05. The summed E-state index contributed by atoms with van der Waals surface area (Å²) in [7, 11) is 0. The van der Waals surface area contributed by atoms with Gasteiger partial charge in [0.15, 0.2) is 0 Å². The molecule has 0 aliphatic heterocycles. The van der Waals surface area contributed by atoms with Gasteiger partial charge in [0.1, 0.15) is 5.75 Å². The SMILES string of the molecule is NC1(Cc2ccc(O)cc2)CCCCC1. The first-order valence-electron chi connectivity index (χ1n) is 5.75. The molecule has 1 saturated carbocycles. The van der Waals surface area contributed by atoms with Crippen molar-refractivity contribution in [2.45, 2.75) is 44.1 Å². The Kier molecular flexibility index (Phi) is 2.96. The second-order valence-electron chi connectivity index (χ2n) is 4.77. The lowest BCUT2D eigenvalue weighted by Crippen LogP contribution is -2.43. The van der Waals surface area contributed by atoms with Crippen molar-refractivity contribution in [3.63, 3.8) is 0 Å². The van der Waals surface area contributed by atoms with Crippen LogP contribution in [-0.2, 0) is 6.42 Å². The van der Waals surface area contributed by atoms with Crippen LogP contribution in [0.1, 0.15) is 37.7 Å². The van der Waals surface area contributed by atoms with Crippen molar-refractivity contribution in [2.24, 2.45) is 5.73 Å². The topological polar surface area (TPSA) is 46.2 Å². The summed E-state index contributed by atoms with van der Waals surface area (Å²) in [6.45, 7) is 0. The Morgan fingerprint density at radius 1 is 1.07 bits per heavy atom. The molecule has 1 aromatic rings. The number of nitrogens with two attached hydrogens (primary N) is 1. The van der Waals surface area contributed by atoms with Crippen LogP contribution in [0.25, 0.3) is 0 Å². The standard InChI is InChI=1S/C13H19NO/c14-13(8-2-1-3-9-13)10-11-4-6-12(15)7-5-11/h4-7,15H,1-3,8-10,14H2. The Bertz CT molecular complexity index is 312. The average molecular weight is 205 g/mol. The number of rotatable bonds is 2. The highest BCUT2D eigenvalue weighted by Gasteiger charge is 2.27. The van der Waals surface area contributed by atoms with Gasteiger partial charge in [0.25, 0.3) is 0 Å². The summed E-state index contributed by atoms with van der Waals surface area (Å²) in [5.74, 6) is 0.327. The molecule has 82 valence electrons. The highest BCUT2D eigenvalue weighted by atomic mass is 16.3. The van der Waals surface area contributed by atoms with Gasteiger partial charge in [-0.1, -0.05) is 31.4 Å². The smallest absolute Gasteiger partial charge is 0.115 e. The van der Waals surface area contributed by atoms with Crippen molar-refractivity contribution in [2.75, 3.05) is 0 Å².